The first-order valence-corrected chi connectivity index (χ1v) is 6.61. The molecule has 3 rings (SSSR count). The van der Waals surface area contributed by atoms with Gasteiger partial charge in [0.1, 0.15) is 5.52 Å². The molecule has 0 amide bonds. The fourth-order valence-electron chi connectivity index (χ4n) is 2.22. The molecule has 2 aromatic carbocycles. The van der Waals surface area contributed by atoms with Crippen molar-refractivity contribution in [3.05, 3.63) is 53.6 Å². The van der Waals surface area contributed by atoms with Gasteiger partial charge in [0.05, 0.1) is 11.7 Å². The minimum absolute atomic E-state index is 0.219. The van der Waals surface area contributed by atoms with Crippen LogP contribution in [0, 0.1) is 0 Å². The quantitative estimate of drug-likeness (QED) is 0.754. The lowest BCUT2D eigenvalue weighted by molar-refractivity contribution is -0.137. The van der Waals surface area contributed by atoms with Crippen LogP contribution in [0.2, 0.25) is 0 Å². The number of nitrogens with zero attached hydrogens (tertiary/aromatic N) is 1. The zero-order valence-corrected chi connectivity index (χ0v) is 11.6. The first-order chi connectivity index (χ1) is 10.4. The summed E-state index contributed by atoms with van der Waals surface area (Å²) in [5.41, 5.74) is 1.29. The smallest absolute Gasteiger partial charge is 0.416 e. The Kier molecular flexibility index (Phi) is 3.41. The molecule has 0 aliphatic carbocycles. The molecule has 0 fully saturated rings. The van der Waals surface area contributed by atoms with Crippen molar-refractivity contribution >= 4 is 11.1 Å². The molecule has 0 aliphatic rings. The lowest BCUT2D eigenvalue weighted by Crippen LogP contribution is -2.03. The van der Waals surface area contributed by atoms with Crippen molar-refractivity contribution in [3.63, 3.8) is 0 Å². The number of alkyl halides is 3. The molecular formula is C16H12F3NO2. The Hall–Kier alpha value is -2.34. The Bertz CT molecular complexity index is 804. The Morgan fingerprint density at radius 1 is 1.09 bits per heavy atom. The molecule has 0 radical (unpaired) electrons. The predicted octanol–water partition coefficient (Wildman–Crippen LogP) is 4.57. The third-order valence-electron chi connectivity index (χ3n) is 3.35. The molecule has 0 bridgehead atoms. The van der Waals surface area contributed by atoms with Gasteiger partial charge in [0.15, 0.2) is 5.58 Å². The van der Waals surface area contributed by atoms with E-state index in [9.17, 15) is 18.3 Å². The summed E-state index contributed by atoms with van der Waals surface area (Å²) in [5.74, 6) is 0.219. The predicted molar refractivity (Wildman–Crippen MR) is 75.1 cm³/mol. The van der Waals surface area contributed by atoms with Gasteiger partial charge in [-0.3, -0.25) is 0 Å². The summed E-state index contributed by atoms with van der Waals surface area (Å²) in [6.45, 7) is 1.61. The first kappa shape index (κ1) is 14.6. The molecule has 114 valence electrons. The minimum atomic E-state index is -4.38. The number of aromatic nitrogens is 1. The van der Waals surface area contributed by atoms with Crippen molar-refractivity contribution < 1.29 is 22.7 Å². The van der Waals surface area contributed by atoms with E-state index in [-0.39, 0.29) is 5.89 Å². The maximum Gasteiger partial charge on any atom is 0.416 e. The van der Waals surface area contributed by atoms with E-state index >= 15 is 0 Å². The number of aliphatic hydroxyl groups excluding tert-OH is 1. The highest BCUT2D eigenvalue weighted by Gasteiger charge is 2.30. The van der Waals surface area contributed by atoms with E-state index in [0.717, 1.165) is 12.1 Å². The number of hydrogen-bond acceptors (Lipinski definition) is 3. The molecule has 1 atom stereocenters. The van der Waals surface area contributed by atoms with Crippen molar-refractivity contribution in [2.24, 2.45) is 0 Å². The fourth-order valence-corrected chi connectivity index (χ4v) is 2.22. The van der Waals surface area contributed by atoms with Crippen LogP contribution in [0.4, 0.5) is 13.2 Å². The number of rotatable bonds is 2. The second-order valence-electron chi connectivity index (χ2n) is 4.97. The van der Waals surface area contributed by atoms with Gasteiger partial charge < -0.3 is 9.52 Å². The molecule has 0 saturated heterocycles. The maximum absolute atomic E-state index is 12.6. The van der Waals surface area contributed by atoms with Gasteiger partial charge in [0.25, 0.3) is 0 Å². The van der Waals surface area contributed by atoms with Gasteiger partial charge in [-0.1, -0.05) is 12.1 Å². The van der Waals surface area contributed by atoms with Crippen LogP contribution < -0.4 is 0 Å². The number of hydrogen-bond donors (Lipinski definition) is 1. The normalized spacial score (nSPS) is 13.5. The third kappa shape index (κ3) is 2.57. The van der Waals surface area contributed by atoms with Crippen molar-refractivity contribution in [1.82, 2.24) is 4.98 Å². The Morgan fingerprint density at radius 3 is 2.36 bits per heavy atom. The summed E-state index contributed by atoms with van der Waals surface area (Å²) in [6.07, 6.45) is -5.10. The van der Waals surface area contributed by atoms with Gasteiger partial charge in [0.2, 0.25) is 5.89 Å². The molecule has 6 heteroatoms. The molecule has 1 aromatic heterocycles. The van der Waals surface area contributed by atoms with Crippen LogP contribution in [-0.2, 0) is 6.18 Å². The summed E-state index contributed by atoms with van der Waals surface area (Å²) >= 11 is 0. The zero-order valence-electron chi connectivity index (χ0n) is 11.6. The van der Waals surface area contributed by atoms with Gasteiger partial charge in [-0.05, 0) is 37.3 Å². The average Bonchev–Trinajstić information content (AvgIpc) is 2.90. The SMILES string of the molecule is CC(O)c1cccc2nc(-c3ccc(C(F)(F)F)cc3)oc12. The standard InChI is InChI=1S/C16H12F3NO2/c1-9(21)12-3-2-4-13-14(12)22-15(20-13)10-5-7-11(8-6-10)16(17,18)19/h2-9,21H,1H3. The van der Waals surface area contributed by atoms with Crippen LogP contribution in [0.3, 0.4) is 0 Å². The molecule has 3 aromatic rings. The van der Waals surface area contributed by atoms with Crippen LogP contribution >= 0.6 is 0 Å². The zero-order chi connectivity index (χ0) is 15.9. The largest absolute Gasteiger partial charge is 0.436 e. The van der Waals surface area contributed by atoms with Gasteiger partial charge >= 0.3 is 6.18 Å². The van der Waals surface area contributed by atoms with Gasteiger partial charge in [-0.15, -0.1) is 0 Å². The van der Waals surface area contributed by atoms with Crippen LogP contribution in [0.5, 0.6) is 0 Å². The first-order valence-electron chi connectivity index (χ1n) is 6.61. The molecule has 1 unspecified atom stereocenters. The molecule has 0 saturated carbocycles. The number of para-hydroxylation sites is 1. The number of aliphatic hydroxyl groups is 1. The molecule has 1 heterocycles. The van der Waals surface area contributed by atoms with E-state index in [0.29, 0.717) is 22.2 Å². The van der Waals surface area contributed by atoms with Gasteiger partial charge in [-0.25, -0.2) is 4.98 Å². The summed E-state index contributed by atoms with van der Waals surface area (Å²) in [5, 5.41) is 9.71. The number of halogens is 3. The lowest BCUT2D eigenvalue weighted by Gasteiger charge is -2.06. The second-order valence-corrected chi connectivity index (χ2v) is 4.97. The van der Waals surface area contributed by atoms with E-state index in [1.165, 1.54) is 12.1 Å². The van der Waals surface area contributed by atoms with Gasteiger partial charge in [0, 0.05) is 11.1 Å². The second kappa shape index (κ2) is 5.14. The minimum Gasteiger partial charge on any atom is -0.436 e. The summed E-state index contributed by atoms with van der Waals surface area (Å²) in [6, 6.07) is 9.78. The summed E-state index contributed by atoms with van der Waals surface area (Å²) in [4.78, 5) is 4.26. The molecular weight excluding hydrogens is 295 g/mol. The van der Waals surface area contributed by atoms with Crippen LogP contribution in [0.1, 0.15) is 24.2 Å². The van der Waals surface area contributed by atoms with Crippen molar-refractivity contribution in [2.75, 3.05) is 0 Å². The maximum atomic E-state index is 12.6. The lowest BCUT2D eigenvalue weighted by atomic mass is 10.1. The van der Waals surface area contributed by atoms with E-state index in [4.69, 9.17) is 4.42 Å². The Labute approximate surface area is 124 Å². The van der Waals surface area contributed by atoms with E-state index in [2.05, 4.69) is 4.98 Å². The molecule has 3 nitrogen and oxygen atoms in total. The van der Waals surface area contributed by atoms with Crippen molar-refractivity contribution in [2.45, 2.75) is 19.2 Å². The number of fused-ring (bicyclic) bond motifs is 1. The average molecular weight is 307 g/mol. The van der Waals surface area contributed by atoms with E-state index in [1.807, 2.05) is 0 Å². The Morgan fingerprint density at radius 2 is 1.77 bits per heavy atom. The Balaban J connectivity index is 2.05. The summed E-state index contributed by atoms with van der Waals surface area (Å²) in [7, 11) is 0. The van der Waals surface area contributed by atoms with Crippen LogP contribution in [0.25, 0.3) is 22.6 Å². The summed E-state index contributed by atoms with van der Waals surface area (Å²) < 4.78 is 43.3. The number of benzene rings is 2. The number of oxazole rings is 1. The molecule has 1 N–H and O–H groups in total. The van der Waals surface area contributed by atoms with Crippen LogP contribution in [0.15, 0.2) is 46.9 Å². The highest BCUT2D eigenvalue weighted by atomic mass is 19.4. The molecule has 0 aliphatic heterocycles. The van der Waals surface area contributed by atoms with E-state index < -0.39 is 17.8 Å². The molecule has 0 spiro atoms. The topological polar surface area (TPSA) is 46.3 Å². The fraction of sp³-hybridized carbons (Fsp3) is 0.188. The highest BCUT2D eigenvalue weighted by Crippen LogP contribution is 2.32. The third-order valence-corrected chi connectivity index (χ3v) is 3.35. The van der Waals surface area contributed by atoms with Crippen molar-refractivity contribution in [3.8, 4) is 11.5 Å². The monoisotopic (exact) mass is 307 g/mol. The van der Waals surface area contributed by atoms with E-state index in [1.54, 1.807) is 25.1 Å². The van der Waals surface area contributed by atoms with Crippen LogP contribution in [-0.4, -0.2) is 10.1 Å². The molecule has 22 heavy (non-hydrogen) atoms. The van der Waals surface area contributed by atoms with Gasteiger partial charge in [-0.2, -0.15) is 13.2 Å². The highest BCUT2D eigenvalue weighted by molar-refractivity contribution is 5.79. The van der Waals surface area contributed by atoms with Crippen molar-refractivity contribution in [1.29, 1.82) is 0 Å².